The van der Waals surface area contributed by atoms with Crippen molar-refractivity contribution in [2.75, 3.05) is 20.3 Å². The first kappa shape index (κ1) is 12.5. The quantitative estimate of drug-likeness (QED) is 0.855. The molecule has 0 spiro atoms. The van der Waals surface area contributed by atoms with Gasteiger partial charge in [0, 0.05) is 19.6 Å². The molecule has 1 N–H and O–H groups in total. The number of ether oxygens (including phenoxy) is 1. The molecule has 4 heteroatoms. The van der Waals surface area contributed by atoms with Crippen molar-refractivity contribution in [2.45, 2.75) is 19.4 Å². The molecule has 0 saturated heterocycles. The third kappa shape index (κ3) is 3.25. The third-order valence-corrected chi connectivity index (χ3v) is 3.68. The van der Waals surface area contributed by atoms with E-state index in [2.05, 4.69) is 35.4 Å². The van der Waals surface area contributed by atoms with Crippen LogP contribution in [-0.2, 0) is 11.2 Å². The fourth-order valence-electron chi connectivity index (χ4n) is 1.90. The molecule has 0 aliphatic rings. The average molecular weight is 250 g/mol. The highest BCUT2D eigenvalue weighted by atomic mass is 32.1. The zero-order chi connectivity index (χ0) is 12.1. The molecular weight excluding hydrogens is 232 g/mol. The highest BCUT2D eigenvalue weighted by molar-refractivity contribution is 7.18. The van der Waals surface area contributed by atoms with Crippen LogP contribution in [0.3, 0.4) is 0 Å². The van der Waals surface area contributed by atoms with Gasteiger partial charge in [0.15, 0.2) is 0 Å². The van der Waals surface area contributed by atoms with Gasteiger partial charge in [-0.25, -0.2) is 4.98 Å². The van der Waals surface area contributed by atoms with Crippen LogP contribution in [0.4, 0.5) is 0 Å². The number of benzene rings is 1. The molecule has 1 atom stereocenters. The summed E-state index contributed by atoms with van der Waals surface area (Å²) in [5.41, 5.74) is 1.10. The Hall–Kier alpha value is -0.970. The van der Waals surface area contributed by atoms with Crippen molar-refractivity contribution >= 4 is 21.6 Å². The predicted molar refractivity (Wildman–Crippen MR) is 72.7 cm³/mol. The van der Waals surface area contributed by atoms with Gasteiger partial charge in [0.1, 0.15) is 0 Å². The van der Waals surface area contributed by atoms with Crippen molar-refractivity contribution < 1.29 is 4.74 Å². The van der Waals surface area contributed by atoms with Gasteiger partial charge in [0.05, 0.1) is 21.8 Å². The van der Waals surface area contributed by atoms with Crippen LogP contribution in [0.2, 0.25) is 0 Å². The minimum Gasteiger partial charge on any atom is -0.383 e. The smallest absolute Gasteiger partial charge is 0.0955 e. The molecule has 1 unspecified atom stereocenters. The van der Waals surface area contributed by atoms with E-state index in [9.17, 15) is 0 Å². The predicted octanol–water partition coefficient (Wildman–Crippen LogP) is 2.46. The van der Waals surface area contributed by atoms with Gasteiger partial charge < -0.3 is 10.1 Å². The van der Waals surface area contributed by atoms with Crippen LogP contribution in [0.1, 0.15) is 11.9 Å². The summed E-state index contributed by atoms with van der Waals surface area (Å²) < 4.78 is 6.48. The molecule has 3 nitrogen and oxygen atoms in total. The maximum absolute atomic E-state index is 5.22. The lowest BCUT2D eigenvalue weighted by Gasteiger charge is -2.14. The Labute approximate surface area is 106 Å². The summed E-state index contributed by atoms with van der Waals surface area (Å²) in [5, 5.41) is 4.59. The van der Waals surface area contributed by atoms with Crippen molar-refractivity contribution in [2.24, 2.45) is 0 Å². The highest BCUT2D eigenvalue weighted by Crippen LogP contribution is 2.22. The lowest BCUT2D eigenvalue weighted by molar-refractivity contribution is 0.167. The van der Waals surface area contributed by atoms with Crippen LogP contribution < -0.4 is 5.32 Å². The van der Waals surface area contributed by atoms with Crippen molar-refractivity contribution in [3.8, 4) is 0 Å². The summed E-state index contributed by atoms with van der Waals surface area (Å²) in [6, 6.07) is 8.62. The number of aromatic nitrogens is 1. The van der Waals surface area contributed by atoms with E-state index in [-0.39, 0.29) is 0 Å². The van der Waals surface area contributed by atoms with Crippen molar-refractivity contribution in [3.63, 3.8) is 0 Å². The summed E-state index contributed by atoms with van der Waals surface area (Å²) >= 11 is 1.77. The molecule has 0 fully saturated rings. The largest absolute Gasteiger partial charge is 0.383 e. The van der Waals surface area contributed by atoms with Gasteiger partial charge >= 0.3 is 0 Å². The van der Waals surface area contributed by atoms with Gasteiger partial charge in [-0.15, -0.1) is 11.3 Å². The molecule has 2 rings (SSSR count). The van der Waals surface area contributed by atoms with Crippen LogP contribution in [0.15, 0.2) is 24.3 Å². The van der Waals surface area contributed by atoms with E-state index in [4.69, 9.17) is 4.74 Å². The average Bonchev–Trinajstić information content (AvgIpc) is 2.71. The van der Waals surface area contributed by atoms with Crippen molar-refractivity contribution in [1.82, 2.24) is 10.3 Å². The number of likely N-dealkylation sites (N-methyl/N-ethyl adjacent to an activating group) is 1. The molecule has 0 bridgehead atoms. The summed E-state index contributed by atoms with van der Waals surface area (Å²) in [7, 11) is 1.74. The zero-order valence-electron chi connectivity index (χ0n) is 10.3. The van der Waals surface area contributed by atoms with Crippen LogP contribution in [-0.4, -0.2) is 31.3 Å². The van der Waals surface area contributed by atoms with Crippen LogP contribution in [0.25, 0.3) is 10.2 Å². The molecule has 1 heterocycles. The van der Waals surface area contributed by atoms with Crippen LogP contribution in [0, 0.1) is 0 Å². The summed E-state index contributed by atoms with van der Waals surface area (Å²) in [6.45, 7) is 3.80. The number of rotatable bonds is 6. The van der Waals surface area contributed by atoms with Gasteiger partial charge in [-0.1, -0.05) is 19.1 Å². The Morgan fingerprint density at radius 1 is 1.41 bits per heavy atom. The second-order valence-corrected chi connectivity index (χ2v) is 5.10. The molecule has 0 aliphatic carbocycles. The minimum atomic E-state index is 0.352. The molecule has 0 saturated carbocycles. The number of nitrogens with zero attached hydrogens (tertiary/aromatic N) is 1. The van der Waals surface area contributed by atoms with E-state index in [1.165, 1.54) is 9.71 Å². The Bertz CT molecular complexity index is 430. The fourth-order valence-corrected chi connectivity index (χ4v) is 2.95. The monoisotopic (exact) mass is 250 g/mol. The first-order valence-corrected chi connectivity index (χ1v) is 6.72. The van der Waals surface area contributed by atoms with E-state index in [1.54, 1.807) is 18.4 Å². The van der Waals surface area contributed by atoms with Crippen LogP contribution in [0.5, 0.6) is 0 Å². The van der Waals surface area contributed by atoms with E-state index >= 15 is 0 Å². The molecule has 92 valence electrons. The SMILES string of the molecule is CCNC(COC)Cc1nc2ccccc2s1. The van der Waals surface area contributed by atoms with Gasteiger partial charge in [0.25, 0.3) is 0 Å². The second kappa shape index (κ2) is 6.10. The first-order chi connectivity index (χ1) is 8.33. The second-order valence-electron chi connectivity index (χ2n) is 3.99. The topological polar surface area (TPSA) is 34.1 Å². The van der Waals surface area contributed by atoms with Crippen molar-refractivity contribution in [3.05, 3.63) is 29.3 Å². The van der Waals surface area contributed by atoms with Gasteiger partial charge in [-0.05, 0) is 18.7 Å². The molecular formula is C13H18N2OS. The van der Waals surface area contributed by atoms with E-state index in [1.807, 2.05) is 6.07 Å². The Balaban J connectivity index is 2.10. The number of fused-ring (bicyclic) bond motifs is 1. The number of nitrogens with one attached hydrogen (secondary N) is 1. The van der Waals surface area contributed by atoms with E-state index in [0.29, 0.717) is 6.04 Å². The lowest BCUT2D eigenvalue weighted by Crippen LogP contribution is -2.34. The molecule has 17 heavy (non-hydrogen) atoms. The van der Waals surface area contributed by atoms with E-state index < -0.39 is 0 Å². The molecule has 1 aromatic heterocycles. The normalized spacial score (nSPS) is 13.1. The first-order valence-electron chi connectivity index (χ1n) is 5.90. The Kier molecular flexibility index (Phi) is 4.48. The Morgan fingerprint density at radius 2 is 2.24 bits per heavy atom. The van der Waals surface area contributed by atoms with Crippen molar-refractivity contribution in [1.29, 1.82) is 0 Å². The minimum absolute atomic E-state index is 0.352. The molecule has 0 aliphatic heterocycles. The fraction of sp³-hybridized carbons (Fsp3) is 0.462. The molecule has 0 amide bonds. The maximum atomic E-state index is 5.22. The lowest BCUT2D eigenvalue weighted by atomic mass is 10.2. The third-order valence-electron chi connectivity index (χ3n) is 2.62. The standard InChI is InChI=1S/C13H18N2OS/c1-3-14-10(9-16-2)8-13-15-11-6-4-5-7-12(11)17-13/h4-7,10,14H,3,8-9H2,1-2H3. The number of methoxy groups -OCH3 is 1. The number of thiazole rings is 1. The van der Waals surface area contributed by atoms with Gasteiger partial charge in [-0.3, -0.25) is 0 Å². The van der Waals surface area contributed by atoms with Crippen LogP contribution >= 0.6 is 11.3 Å². The summed E-state index contributed by atoms with van der Waals surface area (Å²) in [4.78, 5) is 4.64. The zero-order valence-corrected chi connectivity index (χ0v) is 11.1. The molecule has 1 aromatic carbocycles. The van der Waals surface area contributed by atoms with Gasteiger partial charge in [0.2, 0.25) is 0 Å². The molecule has 0 radical (unpaired) electrons. The summed E-state index contributed by atoms with van der Waals surface area (Å²) in [5.74, 6) is 0. The number of hydrogen-bond donors (Lipinski definition) is 1. The maximum Gasteiger partial charge on any atom is 0.0955 e. The Morgan fingerprint density at radius 3 is 2.94 bits per heavy atom. The summed E-state index contributed by atoms with van der Waals surface area (Å²) in [6.07, 6.45) is 0.932. The highest BCUT2D eigenvalue weighted by Gasteiger charge is 2.11. The van der Waals surface area contributed by atoms with E-state index in [0.717, 1.165) is 25.1 Å². The number of para-hydroxylation sites is 1. The van der Waals surface area contributed by atoms with Gasteiger partial charge in [-0.2, -0.15) is 0 Å². The number of hydrogen-bond acceptors (Lipinski definition) is 4. The molecule has 2 aromatic rings.